The van der Waals surface area contributed by atoms with Gasteiger partial charge in [0.15, 0.2) is 11.5 Å². The molecule has 0 bridgehead atoms. The van der Waals surface area contributed by atoms with Gasteiger partial charge in [0.2, 0.25) is 0 Å². The molecule has 0 amide bonds. The number of allylic oxidation sites excluding steroid dienone is 4. The Balaban J connectivity index is 1.72. The van der Waals surface area contributed by atoms with Gasteiger partial charge in [-0.1, -0.05) is 36.4 Å². The Morgan fingerprint density at radius 1 is 0.694 bits per heavy atom. The lowest BCUT2D eigenvalue weighted by Gasteiger charge is -2.12. The molecule has 0 aliphatic heterocycles. The summed E-state index contributed by atoms with van der Waals surface area (Å²) in [7, 11) is 0. The zero-order chi connectivity index (χ0) is 25.3. The van der Waals surface area contributed by atoms with Crippen molar-refractivity contribution in [3.05, 3.63) is 107 Å². The molecule has 0 radical (unpaired) electrons. The first-order chi connectivity index (χ1) is 17.6. The van der Waals surface area contributed by atoms with E-state index in [0.717, 1.165) is 17.0 Å². The van der Waals surface area contributed by atoms with Crippen molar-refractivity contribution >= 4 is 12.2 Å². The highest BCUT2D eigenvalue weighted by Gasteiger charge is 2.17. The quantitative estimate of drug-likeness (QED) is 0.226. The molecule has 170 valence electrons. The summed E-state index contributed by atoms with van der Waals surface area (Å²) in [5, 5.41) is 35.8. The van der Waals surface area contributed by atoms with E-state index in [9.17, 15) is 0 Å². The molecule has 0 fully saturated rings. The summed E-state index contributed by atoms with van der Waals surface area (Å²) in [6.45, 7) is 0.550. The first-order valence-corrected chi connectivity index (χ1v) is 10.8. The van der Waals surface area contributed by atoms with Crippen LogP contribution in [0, 0.1) is 45.3 Å². The van der Waals surface area contributed by atoms with Crippen molar-refractivity contribution < 1.29 is 8.83 Å². The Labute approximate surface area is 207 Å². The van der Waals surface area contributed by atoms with Gasteiger partial charge in [0, 0.05) is 12.6 Å². The van der Waals surface area contributed by atoms with Gasteiger partial charge < -0.3 is 13.4 Å². The number of nitrogens with zero attached hydrogens (tertiary/aromatic N) is 5. The standard InChI is InChI=1S/C29H17N5O2/c30-16-22(17-31)7-4-8-24-9-13-28(35-24)26-11-12-27(34(26)20-21-5-2-1-3-6-21)29-14-10-25(36-29)15-23(18-32)19-33/h1-15H,20H2/b8-4+. The lowest BCUT2D eigenvalue weighted by molar-refractivity contribution is 0.557. The third-order valence-electron chi connectivity index (χ3n) is 5.21. The maximum atomic E-state index is 9.02. The summed E-state index contributed by atoms with van der Waals surface area (Å²) in [6.07, 6.45) is 6.09. The van der Waals surface area contributed by atoms with Crippen molar-refractivity contribution in [1.29, 1.82) is 21.0 Å². The molecule has 0 N–H and O–H groups in total. The van der Waals surface area contributed by atoms with Gasteiger partial charge in [-0.15, -0.1) is 0 Å². The maximum Gasteiger partial charge on any atom is 0.151 e. The summed E-state index contributed by atoms with van der Waals surface area (Å²) in [6, 6.07) is 28.2. The molecule has 3 heterocycles. The van der Waals surface area contributed by atoms with Crippen LogP contribution in [-0.2, 0) is 6.54 Å². The molecule has 0 spiro atoms. The third-order valence-corrected chi connectivity index (χ3v) is 5.21. The van der Waals surface area contributed by atoms with E-state index in [1.165, 1.54) is 12.2 Å². The Kier molecular flexibility index (Phi) is 7.09. The van der Waals surface area contributed by atoms with Crippen molar-refractivity contribution in [3.8, 4) is 47.2 Å². The van der Waals surface area contributed by atoms with E-state index < -0.39 is 0 Å². The summed E-state index contributed by atoms with van der Waals surface area (Å²) in [4.78, 5) is 0. The van der Waals surface area contributed by atoms with Gasteiger partial charge in [-0.25, -0.2) is 0 Å². The number of aromatic nitrogens is 1. The number of rotatable bonds is 7. The number of benzene rings is 1. The van der Waals surface area contributed by atoms with Crippen LogP contribution in [0.5, 0.6) is 0 Å². The highest BCUT2D eigenvalue weighted by Crippen LogP contribution is 2.32. The summed E-state index contributed by atoms with van der Waals surface area (Å²) >= 11 is 0. The lowest BCUT2D eigenvalue weighted by atomic mass is 10.2. The van der Waals surface area contributed by atoms with Gasteiger partial charge >= 0.3 is 0 Å². The fourth-order valence-corrected chi connectivity index (χ4v) is 3.55. The third kappa shape index (κ3) is 5.24. The monoisotopic (exact) mass is 467 g/mol. The first-order valence-electron chi connectivity index (χ1n) is 10.8. The molecule has 0 unspecified atom stereocenters. The molecule has 3 aromatic heterocycles. The van der Waals surface area contributed by atoms with Crippen molar-refractivity contribution in [1.82, 2.24) is 4.57 Å². The second-order valence-corrected chi connectivity index (χ2v) is 7.52. The van der Waals surface area contributed by atoms with E-state index in [4.69, 9.17) is 29.9 Å². The molecule has 0 saturated carbocycles. The number of hydrogen-bond acceptors (Lipinski definition) is 6. The van der Waals surface area contributed by atoms with Gasteiger partial charge in [-0.2, -0.15) is 21.0 Å². The van der Waals surface area contributed by atoms with Crippen LogP contribution in [0.2, 0.25) is 0 Å². The van der Waals surface area contributed by atoms with Crippen molar-refractivity contribution in [3.63, 3.8) is 0 Å². The minimum Gasteiger partial charge on any atom is -0.455 e. The Morgan fingerprint density at radius 2 is 1.28 bits per heavy atom. The van der Waals surface area contributed by atoms with Crippen LogP contribution in [0.4, 0.5) is 0 Å². The van der Waals surface area contributed by atoms with Crippen LogP contribution in [-0.4, -0.2) is 4.57 Å². The molecule has 7 heteroatoms. The van der Waals surface area contributed by atoms with Gasteiger partial charge in [0.05, 0.1) is 11.4 Å². The molecule has 0 aliphatic rings. The molecule has 0 saturated heterocycles. The number of hydrogen-bond donors (Lipinski definition) is 0. The highest BCUT2D eigenvalue weighted by molar-refractivity contribution is 5.67. The zero-order valence-corrected chi connectivity index (χ0v) is 18.9. The molecule has 7 nitrogen and oxygen atoms in total. The van der Waals surface area contributed by atoms with E-state index in [2.05, 4.69) is 4.57 Å². The molecule has 0 aliphatic carbocycles. The van der Waals surface area contributed by atoms with E-state index >= 15 is 0 Å². The second kappa shape index (κ2) is 10.9. The molecule has 4 rings (SSSR count). The fraction of sp³-hybridized carbons (Fsp3) is 0.0345. The van der Waals surface area contributed by atoms with Gasteiger partial charge in [0.25, 0.3) is 0 Å². The van der Waals surface area contributed by atoms with Gasteiger partial charge in [0.1, 0.15) is 46.9 Å². The van der Waals surface area contributed by atoms with E-state index in [1.807, 2.05) is 72.8 Å². The molecular weight excluding hydrogens is 450 g/mol. The fourth-order valence-electron chi connectivity index (χ4n) is 3.55. The Hall–Kier alpha value is -5.76. The number of nitriles is 4. The molecule has 4 aromatic rings. The normalized spacial score (nSPS) is 10.1. The highest BCUT2D eigenvalue weighted by atomic mass is 16.3. The molecular formula is C29H17N5O2. The van der Waals surface area contributed by atoms with E-state index in [1.54, 1.807) is 30.4 Å². The van der Waals surface area contributed by atoms with Crippen LogP contribution < -0.4 is 0 Å². The largest absolute Gasteiger partial charge is 0.455 e. The van der Waals surface area contributed by atoms with Crippen molar-refractivity contribution in [2.24, 2.45) is 0 Å². The average molecular weight is 467 g/mol. The van der Waals surface area contributed by atoms with Crippen LogP contribution in [0.25, 0.3) is 35.1 Å². The van der Waals surface area contributed by atoms with E-state index in [-0.39, 0.29) is 11.1 Å². The molecule has 36 heavy (non-hydrogen) atoms. The maximum absolute atomic E-state index is 9.02. The topological polar surface area (TPSA) is 126 Å². The Bertz CT molecular complexity index is 1620. The smallest absolute Gasteiger partial charge is 0.151 e. The molecule has 0 atom stereocenters. The Morgan fingerprint density at radius 3 is 1.89 bits per heavy atom. The SMILES string of the molecule is N#CC(C#N)=C/C=C/c1ccc(-c2ccc(-c3ccc(C=C(C#N)C#N)o3)n2Cc2ccccc2)o1. The minimum absolute atomic E-state index is 0.00345. The van der Waals surface area contributed by atoms with Crippen molar-refractivity contribution in [2.45, 2.75) is 6.54 Å². The summed E-state index contributed by atoms with van der Waals surface area (Å²) in [5.41, 5.74) is 2.66. The zero-order valence-electron chi connectivity index (χ0n) is 18.9. The average Bonchev–Trinajstić information content (AvgIpc) is 3.66. The van der Waals surface area contributed by atoms with Crippen molar-refractivity contribution in [2.75, 3.05) is 0 Å². The lowest BCUT2D eigenvalue weighted by Crippen LogP contribution is -2.03. The van der Waals surface area contributed by atoms with Crippen LogP contribution >= 0.6 is 0 Å². The predicted molar refractivity (Wildman–Crippen MR) is 133 cm³/mol. The van der Waals surface area contributed by atoms with Crippen LogP contribution in [0.3, 0.4) is 0 Å². The van der Waals surface area contributed by atoms with Gasteiger partial charge in [-0.3, -0.25) is 0 Å². The van der Waals surface area contributed by atoms with Gasteiger partial charge in [-0.05, 0) is 54.1 Å². The minimum atomic E-state index is -0.0427. The summed E-state index contributed by atoms with van der Waals surface area (Å²) < 4.78 is 14.0. The second-order valence-electron chi connectivity index (χ2n) is 7.52. The van der Waals surface area contributed by atoms with E-state index in [0.29, 0.717) is 29.6 Å². The predicted octanol–water partition coefficient (Wildman–Crippen LogP) is 6.47. The summed E-state index contributed by atoms with van der Waals surface area (Å²) in [5.74, 6) is 2.18. The number of furan rings is 2. The van der Waals surface area contributed by atoms with Crippen LogP contribution in [0.1, 0.15) is 17.1 Å². The first kappa shape index (κ1) is 23.4. The molecule has 1 aromatic carbocycles. The van der Waals surface area contributed by atoms with Crippen LogP contribution in [0.15, 0.2) is 98.9 Å².